The molecular weight excluding hydrogens is 226 g/mol. The first-order valence-electron chi connectivity index (χ1n) is 5.19. The monoisotopic (exact) mass is 241 g/mol. The van der Waals surface area contributed by atoms with Crippen molar-refractivity contribution < 1.29 is 8.42 Å². The summed E-state index contributed by atoms with van der Waals surface area (Å²) in [7, 11) is -1.99. The largest absolute Gasteiger partial charge is 0.383 e. The van der Waals surface area contributed by atoms with E-state index >= 15 is 0 Å². The molecule has 16 heavy (non-hydrogen) atoms. The molecule has 0 aliphatic carbocycles. The highest BCUT2D eigenvalue weighted by Crippen LogP contribution is 2.29. The van der Waals surface area contributed by atoms with Crippen LogP contribution in [-0.4, -0.2) is 28.6 Å². The SMILES string of the molecule is CNS(=O)(=O)N1CCCNc2ccccc21. The summed E-state index contributed by atoms with van der Waals surface area (Å²) >= 11 is 0. The van der Waals surface area contributed by atoms with Crippen molar-refractivity contribution >= 4 is 21.6 Å². The average molecular weight is 241 g/mol. The van der Waals surface area contributed by atoms with E-state index < -0.39 is 10.2 Å². The quantitative estimate of drug-likeness (QED) is 0.804. The van der Waals surface area contributed by atoms with Crippen LogP contribution in [0.4, 0.5) is 11.4 Å². The third-order valence-corrected chi connectivity index (χ3v) is 4.05. The second-order valence-corrected chi connectivity index (χ2v) is 5.38. The van der Waals surface area contributed by atoms with Gasteiger partial charge < -0.3 is 5.32 Å². The highest BCUT2D eigenvalue weighted by atomic mass is 32.2. The molecule has 1 aliphatic rings. The van der Waals surface area contributed by atoms with Gasteiger partial charge in [-0.1, -0.05) is 12.1 Å². The van der Waals surface area contributed by atoms with Crippen molar-refractivity contribution in [2.24, 2.45) is 0 Å². The van der Waals surface area contributed by atoms with Crippen LogP contribution in [-0.2, 0) is 10.2 Å². The van der Waals surface area contributed by atoms with Gasteiger partial charge in [-0.05, 0) is 18.6 Å². The molecule has 2 rings (SSSR count). The molecule has 1 aromatic carbocycles. The Hall–Kier alpha value is -1.27. The molecule has 0 aromatic heterocycles. The molecule has 0 amide bonds. The number of para-hydroxylation sites is 2. The topological polar surface area (TPSA) is 61.4 Å². The number of nitrogens with zero attached hydrogens (tertiary/aromatic N) is 1. The molecule has 0 bridgehead atoms. The summed E-state index contributed by atoms with van der Waals surface area (Å²) in [5.74, 6) is 0. The lowest BCUT2D eigenvalue weighted by molar-refractivity contribution is 0.582. The van der Waals surface area contributed by atoms with E-state index in [0.29, 0.717) is 12.2 Å². The third-order valence-electron chi connectivity index (χ3n) is 2.57. The molecular formula is C10H15N3O2S. The molecule has 1 aromatic rings. The van der Waals surface area contributed by atoms with Gasteiger partial charge in [0.2, 0.25) is 0 Å². The Kier molecular flexibility index (Phi) is 3.02. The lowest BCUT2D eigenvalue weighted by Crippen LogP contribution is -2.39. The fraction of sp³-hybridized carbons (Fsp3) is 0.400. The van der Waals surface area contributed by atoms with Crippen LogP contribution in [0, 0.1) is 0 Å². The van der Waals surface area contributed by atoms with Gasteiger partial charge in [0.05, 0.1) is 11.4 Å². The smallest absolute Gasteiger partial charge is 0.301 e. The summed E-state index contributed by atoms with van der Waals surface area (Å²) in [5, 5.41) is 3.22. The normalized spacial score (nSPS) is 16.2. The molecule has 88 valence electrons. The zero-order chi connectivity index (χ0) is 11.6. The van der Waals surface area contributed by atoms with Gasteiger partial charge in [-0.15, -0.1) is 0 Å². The molecule has 5 nitrogen and oxygen atoms in total. The van der Waals surface area contributed by atoms with Gasteiger partial charge >= 0.3 is 10.2 Å². The van der Waals surface area contributed by atoms with Crippen molar-refractivity contribution in [1.82, 2.24) is 4.72 Å². The van der Waals surface area contributed by atoms with E-state index in [9.17, 15) is 8.42 Å². The van der Waals surface area contributed by atoms with Crippen LogP contribution in [0.15, 0.2) is 24.3 Å². The summed E-state index contributed by atoms with van der Waals surface area (Å²) in [6.07, 6.45) is 0.787. The molecule has 6 heteroatoms. The van der Waals surface area contributed by atoms with Crippen LogP contribution in [0.5, 0.6) is 0 Å². The van der Waals surface area contributed by atoms with Crippen molar-refractivity contribution in [3.05, 3.63) is 24.3 Å². The lowest BCUT2D eigenvalue weighted by atomic mass is 10.2. The Balaban J connectivity index is 2.48. The molecule has 0 spiro atoms. The van der Waals surface area contributed by atoms with Crippen LogP contribution >= 0.6 is 0 Å². The fourth-order valence-electron chi connectivity index (χ4n) is 1.77. The van der Waals surface area contributed by atoms with Gasteiger partial charge in [-0.3, -0.25) is 4.31 Å². The Labute approximate surface area is 95.6 Å². The Bertz CT molecular complexity index is 473. The minimum absolute atomic E-state index is 0.493. The van der Waals surface area contributed by atoms with E-state index in [2.05, 4.69) is 10.0 Å². The molecule has 1 heterocycles. The molecule has 0 fully saturated rings. The molecule has 0 saturated carbocycles. The number of anilines is 2. The Morgan fingerprint density at radius 3 is 2.88 bits per heavy atom. The van der Waals surface area contributed by atoms with E-state index in [1.165, 1.54) is 11.4 Å². The maximum absolute atomic E-state index is 11.9. The summed E-state index contributed by atoms with van der Waals surface area (Å²) in [6.45, 7) is 1.28. The van der Waals surface area contributed by atoms with Crippen LogP contribution < -0.4 is 14.3 Å². The van der Waals surface area contributed by atoms with Gasteiger partial charge in [0.25, 0.3) is 0 Å². The molecule has 2 N–H and O–H groups in total. The van der Waals surface area contributed by atoms with Gasteiger partial charge in [0, 0.05) is 20.1 Å². The van der Waals surface area contributed by atoms with Crippen molar-refractivity contribution in [2.75, 3.05) is 29.8 Å². The summed E-state index contributed by atoms with van der Waals surface area (Å²) < 4.78 is 27.5. The maximum atomic E-state index is 11.9. The molecule has 0 atom stereocenters. The summed E-state index contributed by atoms with van der Waals surface area (Å²) in [4.78, 5) is 0. The van der Waals surface area contributed by atoms with Crippen molar-refractivity contribution in [3.63, 3.8) is 0 Å². The highest BCUT2D eigenvalue weighted by Gasteiger charge is 2.24. The van der Waals surface area contributed by atoms with Crippen molar-refractivity contribution in [2.45, 2.75) is 6.42 Å². The Morgan fingerprint density at radius 2 is 2.12 bits per heavy atom. The van der Waals surface area contributed by atoms with Gasteiger partial charge in [-0.2, -0.15) is 8.42 Å². The van der Waals surface area contributed by atoms with Gasteiger partial charge in [0.1, 0.15) is 0 Å². The van der Waals surface area contributed by atoms with E-state index in [1.807, 2.05) is 24.3 Å². The summed E-state index contributed by atoms with van der Waals surface area (Å²) in [6, 6.07) is 7.42. The second-order valence-electron chi connectivity index (χ2n) is 3.58. The van der Waals surface area contributed by atoms with Crippen LogP contribution in [0.3, 0.4) is 0 Å². The van der Waals surface area contributed by atoms with Crippen molar-refractivity contribution in [3.8, 4) is 0 Å². The number of benzene rings is 1. The predicted molar refractivity (Wildman–Crippen MR) is 64.9 cm³/mol. The molecule has 0 radical (unpaired) electrons. The number of nitrogens with one attached hydrogen (secondary N) is 2. The predicted octanol–water partition coefficient (Wildman–Crippen LogP) is 0.773. The first kappa shape index (κ1) is 11.2. The van der Waals surface area contributed by atoms with Crippen LogP contribution in [0.2, 0.25) is 0 Å². The van der Waals surface area contributed by atoms with Gasteiger partial charge in [-0.25, -0.2) is 4.72 Å². The first-order valence-corrected chi connectivity index (χ1v) is 6.63. The number of hydrogen-bond acceptors (Lipinski definition) is 3. The first-order chi connectivity index (χ1) is 7.65. The van der Waals surface area contributed by atoms with Gasteiger partial charge in [0.15, 0.2) is 0 Å². The maximum Gasteiger partial charge on any atom is 0.301 e. The van der Waals surface area contributed by atoms with Crippen molar-refractivity contribution in [1.29, 1.82) is 0 Å². The number of fused-ring (bicyclic) bond motifs is 1. The minimum atomic E-state index is -3.41. The zero-order valence-electron chi connectivity index (χ0n) is 9.10. The zero-order valence-corrected chi connectivity index (χ0v) is 9.92. The average Bonchev–Trinajstić information content (AvgIpc) is 2.51. The number of hydrogen-bond donors (Lipinski definition) is 2. The summed E-state index contributed by atoms with van der Waals surface area (Å²) in [5.41, 5.74) is 1.56. The lowest BCUT2D eigenvalue weighted by Gasteiger charge is -2.22. The second kappa shape index (κ2) is 4.31. The van der Waals surface area contributed by atoms with E-state index in [1.54, 1.807) is 0 Å². The highest BCUT2D eigenvalue weighted by molar-refractivity contribution is 7.90. The fourth-order valence-corrected chi connectivity index (χ4v) is 2.77. The molecule has 1 aliphatic heterocycles. The minimum Gasteiger partial charge on any atom is -0.383 e. The van der Waals surface area contributed by atoms with E-state index in [4.69, 9.17) is 0 Å². The number of rotatable bonds is 2. The van der Waals surface area contributed by atoms with Crippen LogP contribution in [0.1, 0.15) is 6.42 Å². The van der Waals surface area contributed by atoms with Crippen LogP contribution in [0.25, 0.3) is 0 Å². The van der Waals surface area contributed by atoms with E-state index in [0.717, 1.165) is 18.7 Å². The Morgan fingerprint density at radius 1 is 1.38 bits per heavy atom. The molecule has 0 unspecified atom stereocenters. The standard InChI is InChI=1S/C10H15N3O2S/c1-11-16(14,15)13-8-4-7-12-9-5-2-3-6-10(9)13/h2-3,5-6,11-12H,4,7-8H2,1H3. The van der Waals surface area contributed by atoms with E-state index in [-0.39, 0.29) is 0 Å². The molecule has 0 saturated heterocycles. The third kappa shape index (κ3) is 1.98.